The quantitative estimate of drug-likeness (QED) is 0.641. The normalized spacial score (nSPS) is 14.9. The minimum absolute atomic E-state index is 0.0412. The fourth-order valence-electron chi connectivity index (χ4n) is 3.99. The second-order valence-electron chi connectivity index (χ2n) is 8.08. The van der Waals surface area contributed by atoms with E-state index in [1.165, 1.54) is 19.2 Å². The standard InChI is InChI=1S/C25H30FN3O4/c1-3-13-27-24(31)22(28-23(30)18-7-6-8-19(16-18)33-2)17-11-14-29(15-12-17)25(32)20-9-4-5-10-21(20)26/h4-10,16-17,22H,3,11-15H2,1-2H3,(H,27,31)(H,28,30)/t22-/m0/s1. The van der Waals surface area contributed by atoms with E-state index >= 15 is 0 Å². The molecule has 1 heterocycles. The predicted octanol–water partition coefficient (Wildman–Crippen LogP) is 3.01. The molecular weight excluding hydrogens is 425 g/mol. The number of halogens is 1. The van der Waals surface area contributed by atoms with Gasteiger partial charge >= 0.3 is 0 Å². The van der Waals surface area contributed by atoms with Crippen molar-refractivity contribution in [1.29, 1.82) is 0 Å². The Balaban J connectivity index is 1.70. The van der Waals surface area contributed by atoms with Crippen molar-refractivity contribution in [1.82, 2.24) is 15.5 Å². The Hall–Kier alpha value is -3.42. The molecule has 2 aromatic rings. The van der Waals surface area contributed by atoms with Gasteiger partial charge in [-0.3, -0.25) is 14.4 Å². The molecule has 0 bridgehead atoms. The molecule has 2 aromatic carbocycles. The first-order valence-corrected chi connectivity index (χ1v) is 11.2. The summed E-state index contributed by atoms with van der Waals surface area (Å²) < 4.78 is 19.2. The molecular formula is C25H30FN3O4. The summed E-state index contributed by atoms with van der Waals surface area (Å²) in [7, 11) is 1.52. The van der Waals surface area contributed by atoms with Crippen LogP contribution in [0, 0.1) is 11.7 Å². The van der Waals surface area contributed by atoms with Crippen molar-refractivity contribution in [3.63, 3.8) is 0 Å². The van der Waals surface area contributed by atoms with Crippen molar-refractivity contribution in [2.45, 2.75) is 32.2 Å². The molecule has 0 saturated carbocycles. The Bertz CT molecular complexity index is 989. The highest BCUT2D eigenvalue weighted by molar-refractivity contribution is 5.98. The Kier molecular flexibility index (Phi) is 8.40. The highest BCUT2D eigenvalue weighted by Gasteiger charge is 2.34. The summed E-state index contributed by atoms with van der Waals surface area (Å²) in [6, 6.07) is 11.9. The van der Waals surface area contributed by atoms with Crippen LogP contribution in [0.4, 0.5) is 4.39 Å². The zero-order valence-corrected chi connectivity index (χ0v) is 19.0. The predicted molar refractivity (Wildman–Crippen MR) is 123 cm³/mol. The number of piperidine rings is 1. The molecule has 8 heteroatoms. The van der Waals surface area contributed by atoms with Gasteiger partial charge < -0.3 is 20.3 Å². The average Bonchev–Trinajstić information content (AvgIpc) is 2.85. The topological polar surface area (TPSA) is 87.7 Å². The van der Waals surface area contributed by atoms with Gasteiger partial charge in [-0.25, -0.2) is 4.39 Å². The van der Waals surface area contributed by atoms with Crippen LogP contribution in [0.15, 0.2) is 48.5 Å². The lowest BCUT2D eigenvalue weighted by molar-refractivity contribution is -0.124. The van der Waals surface area contributed by atoms with Gasteiger partial charge in [0.05, 0.1) is 12.7 Å². The summed E-state index contributed by atoms with van der Waals surface area (Å²) in [4.78, 5) is 40.1. The summed E-state index contributed by atoms with van der Waals surface area (Å²) in [5.74, 6) is -1.12. The van der Waals surface area contributed by atoms with Crippen molar-refractivity contribution in [2.24, 2.45) is 5.92 Å². The smallest absolute Gasteiger partial charge is 0.256 e. The van der Waals surface area contributed by atoms with Crippen LogP contribution >= 0.6 is 0 Å². The molecule has 0 aromatic heterocycles. The molecule has 7 nitrogen and oxygen atoms in total. The van der Waals surface area contributed by atoms with Gasteiger partial charge in [0.25, 0.3) is 11.8 Å². The van der Waals surface area contributed by atoms with Crippen LogP contribution in [0.2, 0.25) is 0 Å². The highest BCUT2D eigenvalue weighted by atomic mass is 19.1. The number of benzene rings is 2. The highest BCUT2D eigenvalue weighted by Crippen LogP contribution is 2.24. The molecule has 2 N–H and O–H groups in total. The summed E-state index contributed by atoms with van der Waals surface area (Å²) in [5.41, 5.74) is 0.439. The van der Waals surface area contributed by atoms with E-state index in [1.54, 1.807) is 41.3 Å². The van der Waals surface area contributed by atoms with E-state index in [1.807, 2.05) is 6.92 Å². The molecule has 176 valence electrons. The number of carbonyl (C=O) groups is 3. The summed E-state index contributed by atoms with van der Waals surface area (Å²) >= 11 is 0. The molecule has 3 rings (SSSR count). The molecule has 0 unspecified atom stereocenters. The SMILES string of the molecule is CCCNC(=O)[C@@H](NC(=O)c1cccc(OC)c1)C1CCN(C(=O)c2ccccc2F)CC1. The minimum atomic E-state index is -0.735. The molecule has 1 fully saturated rings. The molecule has 0 radical (unpaired) electrons. The number of rotatable bonds is 8. The number of nitrogens with zero attached hydrogens (tertiary/aromatic N) is 1. The molecule has 1 aliphatic heterocycles. The Morgan fingerprint density at radius 3 is 2.52 bits per heavy atom. The van der Waals surface area contributed by atoms with Gasteiger partial charge in [-0.15, -0.1) is 0 Å². The van der Waals surface area contributed by atoms with E-state index in [2.05, 4.69) is 10.6 Å². The van der Waals surface area contributed by atoms with Crippen molar-refractivity contribution >= 4 is 17.7 Å². The van der Waals surface area contributed by atoms with Crippen LogP contribution < -0.4 is 15.4 Å². The van der Waals surface area contributed by atoms with Crippen molar-refractivity contribution < 1.29 is 23.5 Å². The summed E-state index contributed by atoms with van der Waals surface area (Å²) in [6.45, 7) is 3.22. The third kappa shape index (κ3) is 6.09. The first-order chi connectivity index (χ1) is 15.9. The van der Waals surface area contributed by atoms with Gasteiger partial charge in [-0.2, -0.15) is 0 Å². The number of hydrogen-bond donors (Lipinski definition) is 2. The second kappa shape index (κ2) is 11.4. The number of likely N-dealkylation sites (tertiary alicyclic amines) is 1. The number of carbonyl (C=O) groups excluding carboxylic acids is 3. The van der Waals surface area contributed by atoms with E-state index in [9.17, 15) is 18.8 Å². The lowest BCUT2D eigenvalue weighted by Gasteiger charge is -2.36. The van der Waals surface area contributed by atoms with Crippen LogP contribution in [0.5, 0.6) is 5.75 Å². The van der Waals surface area contributed by atoms with Crippen LogP contribution in [-0.4, -0.2) is 55.4 Å². The maximum atomic E-state index is 14.0. The van der Waals surface area contributed by atoms with Crippen LogP contribution in [0.25, 0.3) is 0 Å². The van der Waals surface area contributed by atoms with Crippen LogP contribution in [0.3, 0.4) is 0 Å². The number of ether oxygens (including phenoxy) is 1. The summed E-state index contributed by atoms with van der Waals surface area (Å²) in [6.07, 6.45) is 1.81. The van der Waals surface area contributed by atoms with Crippen molar-refractivity contribution in [3.05, 3.63) is 65.5 Å². The minimum Gasteiger partial charge on any atom is -0.497 e. The monoisotopic (exact) mass is 455 g/mol. The first kappa shape index (κ1) is 24.2. The zero-order valence-electron chi connectivity index (χ0n) is 19.0. The van der Waals surface area contributed by atoms with E-state index in [0.29, 0.717) is 43.8 Å². The lowest BCUT2D eigenvalue weighted by atomic mass is 9.88. The largest absolute Gasteiger partial charge is 0.497 e. The Morgan fingerprint density at radius 1 is 1.12 bits per heavy atom. The molecule has 3 amide bonds. The van der Waals surface area contributed by atoms with Gasteiger partial charge in [0.1, 0.15) is 17.6 Å². The first-order valence-electron chi connectivity index (χ1n) is 11.2. The van der Waals surface area contributed by atoms with E-state index in [0.717, 1.165) is 6.42 Å². The fourth-order valence-corrected chi connectivity index (χ4v) is 3.99. The molecule has 1 atom stereocenters. The average molecular weight is 456 g/mol. The van der Waals surface area contributed by atoms with Crippen LogP contribution in [-0.2, 0) is 4.79 Å². The number of hydrogen-bond acceptors (Lipinski definition) is 4. The number of methoxy groups -OCH3 is 1. The molecule has 0 aliphatic carbocycles. The van der Waals surface area contributed by atoms with Gasteiger partial charge in [0.2, 0.25) is 5.91 Å². The van der Waals surface area contributed by atoms with Crippen molar-refractivity contribution in [3.8, 4) is 5.75 Å². The maximum absolute atomic E-state index is 14.0. The zero-order chi connectivity index (χ0) is 23.8. The van der Waals surface area contributed by atoms with Crippen molar-refractivity contribution in [2.75, 3.05) is 26.7 Å². The van der Waals surface area contributed by atoms with E-state index in [-0.39, 0.29) is 29.2 Å². The Morgan fingerprint density at radius 2 is 1.85 bits per heavy atom. The second-order valence-corrected chi connectivity index (χ2v) is 8.08. The molecule has 0 spiro atoms. The lowest BCUT2D eigenvalue weighted by Crippen LogP contribution is -2.54. The third-order valence-corrected chi connectivity index (χ3v) is 5.85. The van der Waals surface area contributed by atoms with E-state index < -0.39 is 11.9 Å². The van der Waals surface area contributed by atoms with E-state index in [4.69, 9.17) is 4.74 Å². The van der Waals surface area contributed by atoms with Gasteiger partial charge in [-0.05, 0) is 55.5 Å². The number of nitrogens with one attached hydrogen (secondary N) is 2. The van der Waals surface area contributed by atoms with Gasteiger partial charge in [0, 0.05) is 25.2 Å². The number of amides is 3. The molecule has 1 saturated heterocycles. The maximum Gasteiger partial charge on any atom is 0.256 e. The summed E-state index contributed by atoms with van der Waals surface area (Å²) in [5, 5.41) is 5.75. The molecule has 33 heavy (non-hydrogen) atoms. The Labute approximate surface area is 193 Å². The molecule has 1 aliphatic rings. The third-order valence-electron chi connectivity index (χ3n) is 5.85. The fraction of sp³-hybridized carbons (Fsp3) is 0.400. The van der Waals surface area contributed by atoms with Gasteiger partial charge in [0.15, 0.2) is 0 Å². The van der Waals surface area contributed by atoms with Gasteiger partial charge in [-0.1, -0.05) is 25.1 Å². The van der Waals surface area contributed by atoms with Crippen LogP contribution in [0.1, 0.15) is 46.9 Å².